The second kappa shape index (κ2) is 7.95. The van der Waals surface area contributed by atoms with Crippen LogP contribution in [0, 0.1) is 6.92 Å². The van der Waals surface area contributed by atoms with Gasteiger partial charge in [-0.1, -0.05) is 12.1 Å². The van der Waals surface area contributed by atoms with Crippen molar-refractivity contribution in [2.45, 2.75) is 52.1 Å². The van der Waals surface area contributed by atoms with E-state index in [1.807, 2.05) is 11.8 Å². The molecule has 0 spiro atoms. The lowest BCUT2D eigenvalue weighted by atomic mass is 10.1. The van der Waals surface area contributed by atoms with E-state index in [-0.39, 0.29) is 17.9 Å². The van der Waals surface area contributed by atoms with Gasteiger partial charge in [0, 0.05) is 46.1 Å². The van der Waals surface area contributed by atoms with Crippen molar-refractivity contribution in [1.29, 1.82) is 0 Å². The van der Waals surface area contributed by atoms with Gasteiger partial charge in [-0.2, -0.15) is 4.98 Å². The predicted molar refractivity (Wildman–Crippen MR) is 90.5 cm³/mol. The van der Waals surface area contributed by atoms with Gasteiger partial charge >= 0.3 is 0 Å². The number of likely N-dealkylation sites (tertiary alicyclic amines) is 1. The predicted octanol–water partition coefficient (Wildman–Crippen LogP) is 0.813. The zero-order chi connectivity index (χ0) is 17.8. The number of nitrogens with zero attached hydrogens (tertiary/aromatic N) is 5. The molecule has 3 rings (SSSR count). The maximum Gasteiger partial charge on any atom is 0.245 e. The summed E-state index contributed by atoms with van der Waals surface area (Å²) in [7, 11) is 0. The van der Waals surface area contributed by atoms with Gasteiger partial charge in [0.1, 0.15) is 6.04 Å². The second-order valence-electron chi connectivity index (χ2n) is 6.83. The van der Waals surface area contributed by atoms with Crippen LogP contribution in [0.5, 0.6) is 0 Å². The van der Waals surface area contributed by atoms with Gasteiger partial charge in [-0.3, -0.25) is 14.5 Å². The molecule has 0 aliphatic carbocycles. The molecule has 8 nitrogen and oxygen atoms in total. The van der Waals surface area contributed by atoms with Crippen LogP contribution in [0.1, 0.15) is 44.3 Å². The van der Waals surface area contributed by atoms with Gasteiger partial charge in [-0.15, -0.1) is 0 Å². The van der Waals surface area contributed by atoms with Crippen LogP contribution in [0.2, 0.25) is 0 Å². The molecule has 1 atom stereocenters. The Morgan fingerprint density at radius 3 is 2.60 bits per heavy atom. The molecule has 1 unspecified atom stereocenters. The second-order valence-corrected chi connectivity index (χ2v) is 6.83. The summed E-state index contributed by atoms with van der Waals surface area (Å²) in [6.45, 7) is 8.07. The van der Waals surface area contributed by atoms with Crippen molar-refractivity contribution in [2.75, 3.05) is 32.7 Å². The van der Waals surface area contributed by atoms with Gasteiger partial charge in [-0.05, 0) is 19.3 Å². The van der Waals surface area contributed by atoms with Crippen molar-refractivity contribution < 1.29 is 14.1 Å². The van der Waals surface area contributed by atoms with Crippen molar-refractivity contribution in [3.8, 4) is 0 Å². The van der Waals surface area contributed by atoms with E-state index in [4.69, 9.17) is 4.52 Å². The average Bonchev–Trinajstić information content (AvgIpc) is 3.24. The van der Waals surface area contributed by atoms with E-state index in [1.165, 1.54) is 0 Å². The summed E-state index contributed by atoms with van der Waals surface area (Å²) in [5, 5.41) is 3.92. The highest BCUT2D eigenvalue weighted by atomic mass is 16.5. The topological polar surface area (TPSA) is 82.8 Å². The van der Waals surface area contributed by atoms with Crippen molar-refractivity contribution in [1.82, 2.24) is 24.8 Å². The Balaban J connectivity index is 1.51. The maximum absolute atomic E-state index is 12.9. The molecular weight excluding hydrogens is 322 g/mol. The Morgan fingerprint density at radius 1 is 1.20 bits per heavy atom. The summed E-state index contributed by atoms with van der Waals surface area (Å²) < 4.78 is 5.00. The first-order valence-electron chi connectivity index (χ1n) is 9.18. The first kappa shape index (κ1) is 17.8. The van der Waals surface area contributed by atoms with Crippen LogP contribution in [0.4, 0.5) is 0 Å². The lowest BCUT2D eigenvalue weighted by Crippen LogP contribution is -2.54. The highest BCUT2D eigenvalue weighted by Gasteiger charge is 2.36. The fourth-order valence-corrected chi connectivity index (χ4v) is 3.62. The van der Waals surface area contributed by atoms with Crippen molar-refractivity contribution in [2.24, 2.45) is 0 Å². The number of hydrogen-bond acceptors (Lipinski definition) is 6. The summed E-state index contributed by atoms with van der Waals surface area (Å²) in [5.74, 6) is 1.48. The van der Waals surface area contributed by atoms with Gasteiger partial charge in [0.05, 0.1) is 6.54 Å². The lowest BCUT2D eigenvalue weighted by molar-refractivity contribution is -0.145. The summed E-state index contributed by atoms with van der Waals surface area (Å²) in [6, 6.07) is -0.259. The van der Waals surface area contributed by atoms with E-state index in [0.717, 1.165) is 32.4 Å². The zero-order valence-corrected chi connectivity index (χ0v) is 15.1. The molecule has 2 aliphatic rings. The first-order valence-corrected chi connectivity index (χ1v) is 9.18. The van der Waals surface area contributed by atoms with Crippen LogP contribution in [-0.4, -0.2) is 75.4 Å². The molecule has 0 aromatic carbocycles. The van der Waals surface area contributed by atoms with E-state index < -0.39 is 0 Å². The monoisotopic (exact) mass is 349 g/mol. The lowest BCUT2D eigenvalue weighted by Gasteiger charge is -2.37. The van der Waals surface area contributed by atoms with Crippen molar-refractivity contribution in [3.63, 3.8) is 0 Å². The average molecular weight is 349 g/mol. The molecule has 138 valence electrons. The van der Waals surface area contributed by atoms with Crippen LogP contribution in [0.15, 0.2) is 4.52 Å². The van der Waals surface area contributed by atoms with Crippen molar-refractivity contribution in [3.05, 3.63) is 11.7 Å². The Kier molecular flexibility index (Phi) is 5.67. The standard InChI is InChI=1S/C17H27N5O3/c1-3-5-16(23)22-7-4-6-14(22)17(24)21-10-8-20(9-11-21)12-15-18-13(2)25-19-15/h14H,3-12H2,1-2H3. The minimum Gasteiger partial charge on any atom is -0.340 e. The zero-order valence-electron chi connectivity index (χ0n) is 15.1. The van der Waals surface area contributed by atoms with Crippen LogP contribution in [0.3, 0.4) is 0 Å². The molecule has 0 N–H and O–H groups in total. The molecule has 2 aliphatic heterocycles. The van der Waals surface area contributed by atoms with E-state index in [0.29, 0.717) is 44.3 Å². The molecule has 8 heteroatoms. The number of amides is 2. The summed E-state index contributed by atoms with van der Waals surface area (Å²) >= 11 is 0. The molecule has 25 heavy (non-hydrogen) atoms. The van der Waals surface area contributed by atoms with E-state index >= 15 is 0 Å². The Labute approximate surface area is 148 Å². The third kappa shape index (κ3) is 4.18. The third-order valence-electron chi connectivity index (χ3n) is 4.94. The number of hydrogen-bond donors (Lipinski definition) is 0. The van der Waals surface area contributed by atoms with Gasteiger partial charge in [0.25, 0.3) is 0 Å². The van der Waals surface area contributed by atoms with Gasteiger partial charge in [-0.25, -0.2) is 0 Å². The first-order chi connectivity index (χ1) is 12.1. The highest BCUT2D eigenvalue weighted by Crippen LogP contribution is 2.21. The molecule has 2 fully saturated rings. The van der Waals surface area contributed by atoms with Gasteiger partial charge in [0.2, 0.25) is 17.7 Å². The van der Waals surface area contributed by atoms with E-state index in [9.17, 15) is 9.59 Å². The Bertz CT molecular complexity index is 609. The van der Waals surface area contributed by atoms with Crippen molar-refractivity contribution >= 4 is 11.8 Å². The summed E-state index contributed by atoms with van der Waals surface area (Å²) in [4.78, 5) is 35.2. The summed E-state index contributed by atoms with van der Waals surface area (Å²) in [6.07, 6.45) is 3.06. The molecule has 1 aromatic rings. The third-order valence-corrected chi connectivity index (χ3v) is 4.94. The molecule has 3 heterocycles. The van der Waals surface area contributed by atoms with Crippen LogP contribution in [-0.2, 0) is 16.1 Å². The normalized spacial score (nSPS) is 21.8. The highest BCUT2D eigenvalue weighted by molar-refractivity contribution is 5.88. The van der Waals surface area contributed by atoms with Crippen LogP contribution < -0.4 is 0 Å². The van der Waals surface area contributed by atoms with E-state index in [1.54, 1.807) is 11.8 Å². The van der Waals surface area contributed by atoms with Gasteiger partial charge < -0.3 is 14.3 Å². The number of carbonyl (C=O) groups is 2. The fourth-order valence-electron chi connectivity index (χ4n) is 3.62. The van der Waals surface area contributed by atoms with E-state index in [2.05, 4.69) is 15.0 Å². The minimum atomic E-state index is -0.259. The Hall–Kier alpha value is -1.96. The van der Waals surface area contributed by atoms with Gasteiger partial charge in [0.15, 0.2) is 5.82 Å². The number of carbonyl (C=O) groups excluding carboxylic acids is 2. The number of piperazine rings is 1. The molecular formula is C17H27N5O3. The number of aryl methyl sites for hydroxylation is 1. The SMILES string of the molecule is CCCC(=O)N1CCCC1C(=O)N1CCN(Cc2noc(C)n2)CC1. The summed E-state index contributed by atoms with van der Waals surface area (Å²) in [5.41, 5.74) is 0. The Morgan fingerprint density at radius 2 is 1.96 bits per heavy atom. The minimum absolute atomic E-state index is 0.108. The fraction of sp³-hybridized carbons (Fsp3) is 0.765. The molecule has 1 aromatic heterocycles. The molecule has 2 amide bonds. The van der Waals surface area contributed by atoms with Crippen LogP contribution >= 0.6 is 0 Å². The van der Waals surface area contributed by atoms with Crippen LogP contribution in [0.25, 0.3) is 0 Å². The smallest absolute Gasteiger partial charge is 0.245 e. The largest absolute Gasteiger partial charge is 0.340 e. The quantitative estimate of drug-likeness (QED) is 0.782. The molecule has 2 saturated heterocycles. The molecule has 0 radical (unpaired) electrons. The molecule has 0 bridgehead atoms. The number of rotatable bonds is 5. The maximum atomic E-state index is 12.9. The molecule has 0 saturated carbocycles. The number of aromatic nitrogens is 2.